The van der Waals surface area contributed by atoms with Crippen LogP contribution in [0.1, 0.15) is 21.1 Å². The number of thiocarbonyl (C=S) groups is 1. The number of hydrogen-bond donors (Lipinski definition) is 2. The second kappa shape index (κ2) is 9.11. The van der Waals surface area contributed by atoms with Crippen molar-refractivity contribution in [1.82, 2.24) is 10.3 Å². The zero-order chi connectivity index (χ0) is 22.9. The molecule has 5 rings (SSSR count). The number of nitrogens with zero attached hydrogens (tertiary/aromatic N) is 1. The summed E-state index contributed by atoms with van der Waals surface area (Å²) in [7, 11) is 0. The summed E-state index contributed by atoms with van der Waals surface area (Å²) in [6.07, 6.45) is 0.574. The van der Waals surface area contributed by atoms with Gasteiger partial charge in [0.25, 0.3) is 5.91 Å². The van der Waals surface area contributed by atoms with Gasteiger partial charge in [-0.3, -0.25) is 10.1 Å². The van der Waals surface area contributed by atoms with Crippen LogP contribution >= 0.6 is 46.8 Å². The molecule has 0 atom stereocenters. The van der Waals surface area contributed by atoms with Gasteiger partial charge in [-0.2, -0.15) is 0 Å². The summed E-state index contributed by atoms with van der Waals surface area (Å²) in [5.74, 6) is 0.281. The number of fused-ring (bicyclic) bond motifs is 2. The Kier molecular flexibility index (Phi) is 6.03. The van der Waals surface area contributed by atoms with Crippen molar-refractivity contribution >= 4 is 84.6 Å². The first kappa shape index (κ1) is 21.9. The van der Waals surface area contributed by atoms with Gasteiger partial charge in [0, 0.05) is 27.2 Å². The molecule has 0 aliphatic rings. The maximum absolute atomic E-state index is 12.7. The molecular weight excluding hydrogens is 497 g/mol. The van der Waals surface area contributed by atoms with Crippen LogP contribution in [0.2, 0.25) is 10.0 Å². The fourth-order valence-electron chi connectivity index (χ4n) is 3.38. The van der Waals surface area contributed by atoms with Gasteiger partial charge in [-0.1, -0.05) is 53.5 Å². The van der Waals surface area contributed by atoms with Crippen LogP contribution in [0.3, 0.4) is 0 Å². The topological polar surface area (TPSA) is 67.2 Å². The molecule has 0 aliphatic carbocycles. The molecule has 1 amide bonds. The molecule has 9 heteroatoms. The van der Waals surface area contributed by atoms with Crippen molar-refractivity contribution in [1.29, 1.82) is 0 Å². The van der Waals surface area contributed by atoms with Crippen molar-refractivity contribution in [2.45, 2.75) is 6.42 Å². The SMILES string of the molecule is O=C(NC(=S)Nc1ccc(Cc2nc3ccccc3o2)cc1)c1sc2cc(Cl)ccc2c1Cl. The molecule has 0 radical (unpaired) electrons. The van der Waals surface area contributed by atoms with E-state index in [1.807, 2.05) is 48.5 Å². The van der Waals surface area contributed by atoms with E-state index in [1.165, 1.54) is 11.3 Å². The van der Waals surface area contributed by atoms with Crippen molar-refractivity contribution in [2.24, 2.45) is 0 Å². The van der Waals surface area contributed by atoms with Crippen LogP contribution in [-0.4, -0.2) is 16.0 Å². The molecule has 3 aromatic carbocycles. The molecule has 0 bridgehead atoms. The van der Waals surface area contributed by atoms with Gasteiger partial charge in [0.2, 0.25) is 0 Å². The lowest BCUT2D eigenvalue weighted by Gasteiger charge is -2.09. The van der Waals surface area contributed by atoms with Crippen LogP contribution in [0, 0.1) is 0 Å². The highest BCUT2D eigenvalue weighted by molar-refractivity contribution is 7.80. The van der Waals surface area contributed by atoms with Crippen molar-refractivity contribution in [3.63, 3.8) is 0 Å². The van der Waals surface area contributed by atoms with Gasteiger partial charge in [0.1, 0.15) is 10.4 Å². The van der Waals surface area contributed by atoms with Gasteiger partial charge in [-0.25, -0.2) is 4.98 Å². The number of rotatable bonds is 4. The average Bonchev–Trinajstić information content (AvgIpc) is 3.35. The lowest BCUT2D eigenvalue weighted by Crippen LogP contribution is -2.33. The van der Waals surface area contributed by atoms with E-state index in [9.17, 15) is 4.79 Å². The van der Waals surface area contributed by atoms with E-state index in [2.05, 4.69) is 15.6 Å². The predicted octanol–water partition coefficient (Wildman–Crippen LogP) is 7.07. The fourth-order valence-corrected chi connectivity index (χ4v) is 5.28. The zero-order valence-electron chi connectivity index (χ0n) is 16.9. The minimum atomic E-state index is -0.373. The van der Waals surface area contributed by atoms with Gasteiger partial charge in [-0.15, -0.1) is 11.3 Å². The van der Waals surface area contributed by atoms with E-state index in [1.54, 1.807) is 18.2 Å². The standard InChI is InChI=1S/C24H15Cl2N3O2S2/c25-14-7-10-16-19(12-14)33-22(21(16)26)23(30)29-24(32)27-15-8-5-13(6-9-15)11-20-28-17-3-1-2-4-18(17)31-20/h1-10,12H,11H2,(H2,27,29,30,32). The summed E-state index contributed by atoms with van der Waals surface area (Å²) in [6, 6.07) is 20.7. The second-order valence-corrected chi connectivity index (χ2v) is 9.52. The number of anilines is 1. The van der Waals surface area contributed by atoms with E-state index in [-0.39, 0.29) is 11.0 Å². The minimum absolute atomic E-state index is 0.179. The van der Waals surface area contributed by atoms with E-state index >= 15 is 0 Å². The molecule has 0 spiro atoms. The molecule has 33 heavy (non-hydrogen) atoms. The Balaban J connectivity index is 1.22. The molecule has 0 fully saturated rings. The molecular formula is C24H15Cl2N3O2S2. The normalized spacial score (nSPS) is 11.1. The summed E-state index contributed by atoms with van der Waals surface area (Å²) < 4.78 is 6.62. The average molecular weight is 512 g/mol. The Bertz CT molecular complexity index is 1480. The molecule has 2 aromatic heterocycles. The van der Waals surface area contributed by atoms with Gasteiger partial charge in [0.15, 0.2) is 16.6 Å². The Hall–Kier alpha value is -2.97. The van der Waals surface area contributed by atoms with Gasteiger partial charge < -0.3 is 9.73 Å². The molecule has 5 nitrogen and oxygen atoms in total. The van der Waals surface area contributed by atoms with Crippen LogP contribution in [0.5, 0.6) is 0 Å². The monoisotopic (exact) mass is 511 g/mol. The van der Waals surface area contributed by atoms with E-state index in [4.69, 9.17) is 39.8 Å². The summed E-state index contributed by atoms with van der Waals surface area (Å²) in [6.45, 7) is 0. The molecule has 2 N–H and O–H groups in total. The Morgan fingerprint density at radius 3 is 2.64 bits per heavy atom. The van der Waals surface area contributed by atoms with Crippen molar-refractivity contribution in [3.05, 3.63) is 93.1 Å². The number of amides is 1. The van der Waals surface area contributed by atoms with Crippen LogP contribution in [0.4, 0.5) is 5.69 Å². The first-order valence-corrected chi connectivity index (χ1v) is 11.9. The van der Waals surface area contributed by atoms with E-state index < -0.39 is 0 Å². The van der Waals surface area contributed by atoms with Crippen LogP contribution in [-0.2, 0) is 6.42 Å². The maximum Gasteiger partial charge on any atom is 0.269 e. The number of aromatic nitrogens is 1. The first-order chi connectivity index (χ1) is 16.0. The van der Waals surface area contributed by atoms with Crippen molar-refractivity contribution < 1.29 is 9.21 Å². The van der Waals surface area contributed by atoms with Crippen molar-refractivity contribution in [2.75, 3.05) is 5.32 Å². The third-order valence-corrected chi connectivity index (χ3v) is 7.03. The highest BCUT2D eigenvalue weighted by atomic mass is 35.5. The van der Waals surface area contributed by atoms with Crippen molar-refractivity contribution in [3.8, 4) is 0 Å². The number of carbonyl (C=O) groups excluding carboxylic acids is 1. The summed E-state index contributed by atoms with van der Waals surface area (Å²) >= 11 is 19.0. The van der Waals surface area contributed by atoms with Crippen LogP contribution in [0.15, 0.2) is 71.1 Å². The van der Waals surface area contributed by atoms with Gasteiger partial charge >= 0.3 is 0 Å². The predicted molar refractivity (Wildman–Crippen MR) is 139 cm³/mol. The lowest BCUT2D eigenvalue weighted by atomic mass is 10.1. The molecule has 0 saturated carbocycles. The molecule has 0 unspecified atom stereocenters. The fraction of sp³-hybridized carbons (Fsp3) is 0.0417. The summed E-state index contributed by atoms with van der Waals surface area (Å²) in [5, 5.41) is 7.63. The second-order valence-electron chi connectivity index (χ2n) is 7.24. The molecule has 164 valence electrons. The largest absolute Gasteiger partial charge is 0.440 e. The lowest BCUT2D eigenvalue weighted by molar-refractivity contribution is 0.0982. The van der Waals surface area contributed by atoms with Gasteiger partial charge in [0.05, 0.1) is 5.02 Å². The molecule has 0 aliphatic heterocycles. The maximum atomic E-state index is 12.7. The van der Waals surface area contributed by atoms with E-state index in [0.717, 1.165) is 32.4 Å². The highest BCUT2D eigenvalue weighted by Crippen LogP contribution is 2.36. The smallest absolute Gasteiger partial charge is 0.269 e. The minimum Gasteiger partial charge on any atom is -0.440 e. The number of para-hydroxylation sites is 2. The Morgan fingerprint density at radius 1 is 1.06 bits per heavy atom. The quantitative estimate of drug-likeness (QED) is 0.252. The number of carbonyl (C=O) groups is 1. The third-order valence-electron chi connectivity index (χ3n) is 4.93. The number of hydrogen-bond acceptors (Lipinski definition) is 5. The number of nitrogens with one attached hydrogen (secondary N) is 2. The molecule has 0 saturated heterocycles. The van der Waals surface area contributed by atoms with Gasteiger partial charge in [-0.05, 0) is 54.2 Å². The summed E-state index contributed by atoms with van der Waals surface area (Å²) in [5.41, 5.74) is 3.40. The number of benzene rings is 3. The van der Waals surface area contributed by atoms with Crippen LogP contribution in [0.25, 0.3) is 21.2 Å². The number of thiophene rings is 1. The molecule has 2 heterocycles. The molecule has 5 aromatic rings. The first-order valence-electron chi connectivity index (χ1n) is 9.89. The number of oxazole rings is 1. The third kappa shape index (κ3) is 4.72. The Morgan fingerprint density at radius 2 is 1.85 bits per heavy atom. The highest BCUT2D eigenvalue weighted by Gasteiger charge is 2.18. The summed E-state index contributed by atoms with van der Waals surface area (Å²) in [4.78, 5) is 17.6. The van der Waals surface area contributed by atoms with Crippen LogP contribution < -0.4 is 10.6 Å². The Labute approximate surface area is 208 Å². The number of halogens is 2. The zero-order valence-corrected chi connectivity index (χ0v) is 20.0. The van der Waals surface area contributed by atoms with E-state index in [0.29, 0.717) is 27.2 Å².